The molecule has 0 fully saturated rings. The molecule has 12 nitrogen and oxygen atoms in total. The summed E-state index contributed by atoms with van der Waals surface area (Å²) in [6.07, 6.45) is 0. The molecule has 0 spiro atoms. The van der Waals surface area contributed by atoms with Crippen LogP contribution in [0.25, 0.3) is 10.9 Å². The largest absolute Gasteiger partial charge is 0.506 e. The van der Waals surface area contributed by atoms with Crippen molar-refractivity contribution in [3.63, 3.8) is 0 Å². The first-order valence-electron chi connectivity index (χ1n) is 12.1. The van der Waals surface area contributed by atoms with E-state index in [1.165, 1.54) is 24.3 Å². The number of hydrogen-bond acceptors (Lipinski definition) is 8. The Bertz CT molecular complexity index is 1860. The van der Waals surface area contributed by atoms with Gasteiger partial charge in [0.25, 0.3) is 10.1 Å². The number of nitrogens with two attached hydrogens (primary N) is 2. The molecule has 14 heteroatoms. The molecule has 0 atom stereocenters. The third kappa shape index (κ3) is 9.39. The van der Waals surface area contributed by atoms with Crippen LogP contribution in [0.1, 0.15) is 26.4 Å². The number of carboxylic acid groups (broad SMARTS) is 2. The molecule has 9 N–H and O–H groups in total. The first kappa shape index (κ1) is 32.3. The molecule has 0 aliphatic heterocycles. The highest BCUT2D eigenvalue weighted by Crippen LogP contribution is 2.23. The number of rotatable bonds is 6. The van der Waals surface area contributed by atoms with Crippen molar-refractivity contribution in [1.29, 1.82) is 0 Å². The summed E-state index contributed by atoms with van der Waals surface area (Å²) in [4.78, 5) is 23.8. The maximum Gasteiger partial charge on any atom is 0.352 e. The van der Waals surface area contributed by atoms with Crippen molar-refractivity contribution in [3.05, 3.63) is 113 Å². The summed E-state index contributed by atoms with van der Waals surface area (Å²) in [5.41, 5.74) is 12.9. The summed E-state index contributed by atoms with van der Waals surface area (Å²) in [7, 11) is -4.18. The molecule has 43 heavy (non-hydrogen) atoms. The van der Waals surface area contributed by atoms with Gasteiger partial charge in [-0.3, -0.25) is 4.55 Å². The van der Waals surface area contributed by atoms with E-state index in [4.69, 9.17) is 47.7 Å². The summed E-state index contributed by atoms with van der Waals surface area (Å²) in [5, 5.41) is 27.4. The van der Waals surface area contributed by atoms with Gasteiger partial charge >= 0.3 is 11.9 Å². The minimum Gasteiger partial charge on any atom is -0.506 e. The van der Waals surface area contributed by atoms with Crippen LogP contribution >= 0.6 is 11.6 Å². The topological polar surface area (TPSA) is 226 Å². The smallest absolute Gasteiger partial charge is 0.352 e. The predicted octanol–water partition coefficient (Wildman–Crippen LogP) is 5.29. The van der Waals surface area contributed by atoms with Crippen molar-refractivity contribution in [1.82, 2.24) is 4.98 Å². The number of aromatic hydroxyl groups is 1. The van der Waals surface area contributed by atoms with Crippen LogP contribution in [0.2, 0.25) is 5.02 Å². The number of halogens is 1. The van der Waals surface area contributed by atoms with Gasteiger partial charge < -0.3 is 36.5 Å². The number of phenols is 1. The van der Waals surface area contributed by atoms with Gasteiger partial charge in [-0.15, -0.1) is 0 Å². The zero-order valence-electron chi connectivity index (χ0n) is 22.1. The van der Waals surface area contributed by atoms with E-state index in [0.717, 1.165) is 34.3 Å². The average Bonchev–Trinajstić information content (AvgIpc) is 3.40. The van der Waals surface area contributed by atoms with E-state index >= 15 is 0 Å². The van der Waals surface area contributed by atoms with Gasteiger partial charge in [0.05, 0.1) is 26.9 Å². The van der Waals surface area contributed by atoms with Gasteiger partial charge in [-0.1, -0.05) is 41.9 Å². The van der Waals surface area contributed by atoms with E-state index in [1.807, 2.05) is 48.5 Å². The number of aromatic amines is 1. The molecule has 5 aromatic rings. The predicted molar refractivity (Wildman–Crippen MR) is 161 cm³/mol. The van der Waals surface area contributed by atoms with Gasteiger partial charge in [0.2, 0.25) is 0 Å². The molecule has 1 heterocycles. The lowest BCUT2D eigenvalue weighted by molar-refractivity contribution is 0.0683. The van der Waals surface area contributed by atoms with E-state index in [1.54, 1.807) is 6.07 Å². The molecule has 0 saturated carbocycles. The molecule has 224 valence electrons. The quantitative estimate of drug-likeness (QED) is 0.0727. The van der Waals surface area contributed by atoms with Crippen LogP contribution in [0.4, 0.5) is 11.4 Å². The molecule has 0 radical (unpaired) electrons. The Morgan fingerprint density at radius 1 is 0.837 bits per heavy atom. The second-order valence-electron chi connectivity index (χ2n) is 8.75. The van der Waals surface area contributed by atoms with Crippen LogP contribution in [0.5, 0.6) is 11.5 Å². The molecule has 1 aromatic heterocycles. The SMILES string of the molecule is Nc1cc(S(=O)(=O)O)ccc1Cl.Nc1ccc(C(=O)O)cc1O.O=C(O)c1cc2cc(OCc3ccccc3)ccc2[nH]1. The van der Waals surface area contributed by atoms with Gasteiger partial charge in [-0.2, -0.15) is 8.42 Å². The molecule has 0 aliphatic rings. The molecule has 0 aliphatic carbocycles. The van der Waals surface area contributed by atoms with Crippen molar-refractivity contribution < 1.29 is 42.6 Å². The molecular formula is C29H26ClN3O9S. The fourth-order valence-electron chi connectivity index (χ4n) is 3.42. The van der Waals surface area contributed by atoms with E-state index in [0.29, 0.717) is 6.61 Å². The minimum absolute atomic E-state index is 0.0247. The fourth-order valence-corrected chi connectivity index (χ4v) is 4.05. The lowest BCUT2D eigenvalue weighted by atomic mass is 10.2. The van der Waals surface area contributed by atoms with E-state index < -0.39 is 22.1 Å². The number of fused-ring (bicyclic) bond motifs is 1. The number of phenolic OH excluding ortho intramolecular Hbond substituents is 1. The van der Waals surface area contributed by atoms with Crippen LogP contribution in [-0.4, -0.2) is 45.2 Å². The van der Waals surface area contributed by atoms with E-state index in [9.17, 15) is 18.0 Å². The summed E-state index contributed by atoms with van der Waals surface area (Å²) in [5.74, 6) is -1.53. The minimum atomic E-state index is -4.18. The Hall–Kier alpha value is -5.24. The lowest BCUT2D eigenvalue weighted by Crippen LogP contribution is -1.99. The Labute approximate surface area is 250 Å². The Morgan fingerprint density at radius 3 is 2.12 bits per heavy atom. The van der Waals surface area contributed by atoms with Crippen molar-refractivity contribution >= 4 is 55.9 Å². The summed E-state index contributed by atoms with van der Waals surface area (Å²) < 4.78 is 35.4. The van der Waals surface area contributed by atoms with Crippen LogP contribution < -0.4 is 16.2 Å². The van der Waals surface area contributed by atoms with Crippen LogP contribution in [0.3, 0.4) is 0 Å². The second kappa shape index (κ2) is 14.1. The number of nitrogen functional groups attached to an aromatic ring is 2. The molecule has 0 amide bonds. The number of ether oxygens (including phenoxy) is 1. The van der Waals surface area contributed by atoms with Crippen LogP contribution in [0.15, 0.2) is 95.9 Å². The van der Waals surface area contributed by atoms with Crippen molar-refractivity contribution in [2.75, 3.05) is 11.5 Å². The maximum atomic E-state index is 10.9. The van der Waals surface area contributed by atoms with E-state index in [2.05, 4.69) is 4.98 Å². The van der Waals surface area contributed by atoms with Crippen molar-refractivity contribution in [2.24, 2.45) is 0 Å². The van der Waals surface area contributed by atoms with Gasteiger partial charge in [0.1, 0.15) is 23.8 Å². The van der Waals surface area contributed by atoms with Gasteiger partial charge in [0, 0.05) is 10.9 Å². The molecule has 0 bridgehead atoms. The van der Waals surface area contributed by atoms with Gasteiger partial charge in [0.15, 0.2) is 0 Å². The van der Waals surface area contributed by atoms with Crippen LogP contribution in [-0.2, 0) is 16.7 Å². The zero-order chi connectivity index (χ0) is 31.7. The van der Waals surface area contributed by atoms with Gasteiger partial charge in [-0.25, -0.2) is 9.59 Å². The normalized spacial score (nSPS) is 10.6. The summed E-state index contributed by atoms with van der Waals surface area (Å²) >= 11 is 5.53. The number of carbonyl (C=O) groups is 2. The first-order valence-corrected chi connectivity index (χ1v) is 13.9. The molecule has 4 aromatic carbocycles. The number of aromatic carboxylic acids is 2. The highest BCUT2D eigenvalue weighted by molar-refractivity contribution is 7.85. The third-order valence-corrected chi connectivity index (χ3v) is 6.81. The Kier molecular flexibility index (Phi) is 10.6. The first-order chi connectivity index (χ1) is 20.2. The maximum absolute atomic E-state index is 10.9. The third-order valence-electron chi connectivity index (χ3n) is 5.61. The molecule has 0 unspecified atom stereocenters. The lowest BCUT2D eigenvalue weighted by Gasteiger charge is -2.06. The van der Waals surface area contributed by atoms with Gasteiger partial charge in [-0.05, 0) is 66.2 Å². The average molecular weight is 628 g/mol. The zero-order valence-corrected chi connectivity index (χ0v) is 23.7. The van der Waals surface area contributed by atoms with Crippen LogP contribution in [0, 0.1) is 0 Å². The number of nitrogens with one attached hydrogen (secondary N) is 1. The fraction of sp³-hybridized carbons (Fsp3) is 0.0345. The molecule has 0 saturated heterocycles. The monoisotopic (exact) mass is 627 g/mol. The molecular weight excluding hydrogens is 602 g/mol. The number of hydrogen-bond donors (Lipinski definition) is 7. The van der Waals surface area contributed by atoms with E-state index in [-0.39, 0.29) is 38.3 Å². The standard InChI is InChI=1S/C16H13NO3.C7H7NO3.C6H6ClNO3S/c18-16(19)15-9-12-8-13(6-7-14(12)17-15)20-10-11-4-2-1-3-5-11;8-5-2-1-4(7(10)11)3-6(5)9;7-5-2-1-4(3-6(5)8)12(9,10)11/h1-9,17H,10H2,(H,18,19);1-3,9H,8H2,(H,10,11);1-3H,8H2,(H,9,10,11). The Balaban J connectivity index is 0.000000190. The summed E-state index contributed by atoms with van der Waals surface area (Å²) in [6.45, 7) is 0.489. The Morgan fingerprint density at radius 2 is 1.53 bits per heavy atom. The summed E-state index contributed by atoms with van der Waals surface area (Å²) in [6, 6.07) is 24.3. The number of anilines is 2. The molecule has 5 rings (SSSR count). The highest BCUT2D eigenvalue weighted by Gasteiger charge is 2.10. The second-order valence-corrected chi connectivity index (χ2v) is 10.6. The van der Waals surface area contributed by atoms with Crippen molar-refractivity contribution in [3.8, 4) is 11.5 Å². The number of H-pyrrole nitrogens is 1. The highest BCUT2D eigenvalue weighted by atomic mass is 35.5. The number of benzene rings is 4. The van der Waals surface area contributed by atoms with Crippen molar-refractivity contribution in [2.45, 2.75) is 11.5 Å². The number of carboxylic acids is 2. The number of aromatic nitrogens is 1.